The van der Waals surface area contributed by atoms with Crippen molar-refractivity contribution < 1.29 is 9.53 Å². The minimum Gasteiger partial charge on any atom is -0.427 e. The zero-order valence-corrected chi connectivity index (χ0v) is 11.9. The summed E-state index contributed by atoms with van der Waals surface area (Å²) in [5.41, 5.74) is 3.76. The van der Waals surface area contributed by atoms with E-state index >= 15 is 0 Å². The lowest BCUT2D eigenvalue weighted by Gasteiger charge is -2.01. The summed E-state index contributed by atoms with van der Waals surface area (Å²) < 4.78 is 5.17. The summed E-state index contributed by atoms with van der Waals surface area (Å²) >= 11 is 0. The van der Waals surface area contributed by atoms with E-state index < -0.39 is 0 Å². The van der Waals surface area contributed by atoms with Gasteiger partial charge in [0.05, 0.1) is 11.2 Å². The summed E-state index contributed by atoms with van der Waals surface area (Å²) in [7, 11) is 0. The molecule has 0 atom stereocenters. The number of rotatable bonds is 2. The van der Waals surface area contributed by atoms with E-state index in [0.29, 0.717) is 5.75 Å². The molecule has 5 nitrogen and oxygen atoms in total. The number of H-pyrrole nitrogens is 2. The van der Waals surface area contributed by atoms with E-state index in [0.717, 1.165) is 33.2 Å². The Morgan fingerprint density at radius 2 is 2.09 bits per heavy atom. The Morgan fingerprint density at radius 1 is 1.18 bits per heavy atom. The van der Waals surface area contributed by atoms with Gasteiger partial charge < -0.3 is 14.7 Å². The first-order chi connectivity index (χ1) is 10.7. The molecule has 4 rings (SSSR count). The van der Waals surface area contributed by atoms with Crippen LogP contribution in [0.15, 0.2) is 48.8 Å². The summed E-state index contributed by atoms with van der Waals surface area (Å²) in [6.45, 7) is 1.40. The molecule has 0 aliphatic rings. The topological polar surface area (TPSA) is 70.8 Å². The van der Waals surface area contributed by atoms with Gasteiger partial charge in [0, 0.05) is 35.6 Å². The molecule has 108 valence electrons. The van der Waals surface area contributed by atoms with Crippen LogP contribution in [0.2, 0.25) is 0 Å². The molecule has 0 aliphatic carbocycles. The number of aromatic amines is 2. The van der Waals surface area contributed by atoms with Crippen LogP contribution in [0.1, 0.15) is 6.92 Å². The van der Waals surface area contributed by atoms with Crippen molar-refractivity contribution in [1.82, 2.24) is 15.0 Å². The first kappa shape index (κ1) is 12.6. The number of pyridine rings is 1. The number of carbonyl (C=O) groups excluding carboxylic acids is 1. The average Bonchev–Trinajstić information content (AvgIpc) is 3.13. The van der Waals surface area contributed by atoms with Crippen molar-refractivity contribution in [1.29, 1.82) is 0 Å². The molecule has 0 saturated carbocycles. The van der Waals surface area contributed by atoms with E-state index in [2.05, 4.69) is 15.0 Å². The average molecular weight is 291 g/mol. The van der Waals surface area contributed by atoms with Gasteiger partial charge in [0.15, 0.2) is 0 Å². The van der Waals surface area contributed by atoms with Gasteiger partial charge in [0.1, 0.15) is 11.4 Å². The Balaban J connectivity index is 1.98. The fraction of sp³-hybridized carbons (Fsp3) is 0.0588. The van der Waals surface area contributed by atoms with Gasteiger partial charge in [-0.3, -0.25) is 9.78 Å². The fourth-order valence-corrected chi connectivity index (χ4v) is 2.71. The summed E-state index contributed by atoms with van der Waals surface area (Å²) in [6, 6.07) is 11.4. The highest BCUT2D eigenvalue weighted by Gasteiger charge is 2.12. The largest absolute Gasteiger partial charge is 0.427 e. The van der Waals surface area contributed by atoms with Crippen molar-refractivity contribution >= 4 is 27.8 Å². The number of fused-ring (bicyclic) bond motifs is 3. The Kier molecular flexibility index (Phi) is 2.72. The van der Waals surface area contributed by atoms with Crippen LogP contribution in [0.4, 0.5) is 0 Å². The summed E-state index contributed by atoms with van der Waals surface area (Å²) in [4.78, 5) is 22.2. The molecule has 0 saturated heterocycles. The van der Waals surface area contributed by atoms with E-state index in [1.807, 2.05) is 36.5 Å². The number of esters is 1. The van der Waals surface area contributed by atoms with Crippen molar-refractivity contribution in [2.45, 2.75) is 6.92 Å². The molecule has 4 aromatic rings. The Bertz CT molecular complexity index is 984. The van der Waals surface area contributed by atoms with Crippen molar-refractivity contribution in [3.8, 4) is 17.1 Å². The van der Waals surface area contributed by atoms with Crippen LogP contribution in [-0.4, -0.2) is 20.9 Å². The first-order valence-corrected chi connectivity index (χ1v) is 6.95. The number of benzene rings is 1. The quantitative estimate of drug-likeness (QED) is 0.437. The zero-order valence-electron chi connectivity index (χ0n) is 11.9. The standard InChI is InChI=1S/C17H13N3O2/c1-10(21)22-11-4-5-14-13(9-11)12-6-8-19-17(16(12)20-14)15-3-2-7-18-15/h2-9,18,20H,1H3. The molecule has 22 heavy (non-hydrogen) atoms. The fourth-order valence-electron chi connectivity index (χ4n) is 2.71. The molecule has 0 radical (unpaired) electrons. The molecule has 0 aliphatic heterocycles. The van der Waals surface area contributed by atoms with E-state index in [1.54, 1.807) is 12.3 Å². The number of hydrogen-bond acceptors (Lipinski definition) is 3. The molecule has 0 amide bonds. The number of ether oxygens (including phenoxy) is 1. The SMILES string of the molecule is CC(=O)Oc1ccc2[nH]c3c(-c4ccc[nH]4)nccc3c2c1. The number of aromatic nitrogens is 3. The molecule has 0 unspecified atom stereocenters. The molecular weight excluding hydrogens is 278 g/mol. The monoisotopic (exact) mass is 291 g/mol. The van der Waals surface area contributed by atoms with Crippen LogP contribution < -0.4 is 4.74 Å². The molecular formula is C17H13N3O2. The van der Waals surface area contributed by atoms with Gasteiger partial charge in [-0.15, -0.1) is 0 Å². The van der Waals surface area contributed by atoms with Crippen LogP contribution in [-0.2, 0) is 4.79 Å². The van der Waals surface area contributed by atoms with E-state index in [-0.39, 0.29) is 5.97 Å². The van der Waals surface area contributed by atoms with Crippen LogP contribution >= 0.6 is 0 Å². The second-order valence-corrected chi connectivity index (χ2v) is 5.09. The van der Waals surface area contributed by atoms with Gasteiger partial charge >= 0.3 is 5.97 Å². The van der Waals surface area contributed by atoms with Crippen LogP contribution in [0, 0.1) is 0 Å². The van der Waals surface area contributed by atoms with Crippen molar-refractivity contribution in [3.63, 3.8) is 0 Å². The van der Waals surface area contributed by atoms with Crippen LogP contribution in [0.5, 0.6) is 5.75 Å². The van der Waals surface area contributed by atoms with Gasteiger partial charge in [-0.2, -0.15) is 0 Å². The lowest BCUT2D eigenvalue weighted by molar-refractivity contribution is -0.131. The lowest BCUT2D eigenvalue weighted by Crippen LogP contribution is -2.00. The summed E-state index contributed by atoms with van der Waals surface area (Å²) in [5, 5.41) is 2.05. The second kappa shape index (κ2) is 4.73. The maximum Gasteiger partial charge on any atom is 0.308 e. The van der Waals surface area contributed by atoms with E-state index in [1.165, 1.54) is 6.92 Å². The van der Waals surface area contributed by atoms with Gasteiger partial charge in [-0.25, -0.2) is 0 Å². The number of nitrogens with zero attached hydrogens (tertiary/aromatic N) is 1. The second-order valence-electron chi connectivity index (χ2n) is 5.09. The van der Waals surface area contributed by atoms with Crippen LogP contribution in [0.3, 0.4) is 0 Å². The van der Waals surface area contributed by atoms with Crippen LogP contribution in [0.25, 0.3) is 33.2 Å². The minimum absolute atomic E-state index is 0.326. The van der Waals surface area contributed by atoms with Crippen molar-refractivity contribution in [3.05, 3.63) is 48.8 Å². The third-order valence-corrected chi connectivity index (χ3v) is 3.61. The summed E-state index contributed by atoms with van der Waals surface area (Å²) in [6.07, 6.45) is 3.65. The van der Waals surface area contributed by atoms with Gasteiger partial charge in [0.25, 0.3) is 0 Å². The highest BCUT2D eigenvalue weighted by Crippen LogP contribution is 2.32. The maximum absolute atomic E-state index is 11.1. The Morgan fingerprint density at radius 3 is 2.86 bits per heavy atom. The van der Waals surface area contributed by atoms with E-state index in [4.69, 9.17) is 4.74 Å². The molecule has 0 fully saturated rings. The Hall–Kier alpha value is -3.08. The van der Waals surface area contributed by atoms with E-state index in [9.17, 15) is 4.79 Å². The van der Waals surface area contributed by atoms with Crippen molar-refractivity contribution in [2.24, 2.45) is 0 Å². The van der Waals surface area contributed by atoms with Gasteiger partial charge in [0.2, 0.25) is 0 Å². The summed E-state index contributed by atoms with van der Waals surface area (Å²) in [5.74, 6) is 0.215. The molecule has 5 heteroatoms. The molecule has 1 aromatic carbocycles. The number of carbonyl (C=O) groups is 1. The third kappa shape index (κ3) is 1.95. The smallest absolute Gasteiger partial charge is 0.308 e. The molecule has 0 spiro atoms. The lowest BCUT2D eigenvalue weighted by atomic mass is 10.1. The van der Waals surface area contributed by atoms with Gasteiger partial charge in [-0.1, -0.05) is 0 Å². The normalized spacial score (nSPS) is 11.1. The number of hydrogen-bond donors (Lipinski definition) is 2. The predicted octanol–water partition coefficient (Wildman–Crippen LogP) is 3.64. The Labute approximate surface area is 125 Å². The molecule has 3 aromatic heterocycles. The van der Waals surface area contributed by atoms with Gasteiger partial charge in [-0.05, 0) is 36.4 Å². The van der Waals surface area contributed by atoms with Crippen molar-refractivity contribution in [2.75, 3.05) is 0 Å². The highest BCUT2D eigenvalue weighted by atomic mass is 16.5. The predicted molar refractivity (Wildman–Crippen MR) is 84.7 cm³/mol. The number of nitrogens with one attached hydrogen (secondary N) is 2. The third-order valence-electron chi connectivity index (χ3n) is 3.61. The maximum atomic E-state index is 11.1. The molecule has 2 N–H and O–H groups in total. The first-order valence-electron chi connectivity index (χ1n) is 6.95. The molecule has 3 heterocycles. The zero-order chi connectivity index (χ0) is 15.1. The molecule has 0 bridgehead atoms. The highest BCUT2D eigenvalue weighted by molar-refractivity contribution is 6.11. The minimum atomic E-state index is -0.326.